The molecule has 4 N–H and O–H groups in total. The number of aromatic nitrogens is 2. The lowest BCUT2D eigenvalue weighted by atomic mass is 10.1. The molecule has 0 amide bonds. The zero-order valence-corrected chi connectivity index (χ0v) is 7.07. The van der Waals surface area contributed by atoms with Crippen LogP contribution in [0.2, 0.25) is 0 Å². The number of hydrogen-bond donors (Lipinski definition) is 2. The van der Waals surface area contributed by atoms with Gasteiger partial charge in [0.2, 0.25) is 0 Å². The molecular formula is C9H10N4. The Kier molecular flexibility index (Phi) is 1.83. The van der Waals surface area contributed by atoms with Crippen LogP contribution in [0.15, 0.2) is 24.5 Å². The van der Waals surface area contributed by atoms with Gasteiger partial charge >= 0.3 is 0 Å². The molecule has 0 bridgehead atoms. The van der Waals surface area contributed by atoms with Crippen LogP contribution in [0, 0.1) is 0 Å². The van der Waals surface area contributed by atoms with Gasteiger partial charge in [0, 0.05) is 18.9 Å². The molecule has 0 aliphatic rings. The van der Waals surface area contributed by atoms with E-state index >= 15 is 0 Å². The van der Waals surface area contributed by atoms with Crippen molar-refractivity contribution in [3.05, 3.63) is 30.1 Å². The van der Waals surface area contributed by atoms with Crippen LogP contribution >= 0.6 is 0 Å². The molecule has 0 radical (unpaired) electrons. The number of rotatable bonds is 1. The largest absolute Gasteiger partial charge is 0.397 e. The molecule has 1 heterocycles. The Bertz CT molecular complexity index is 439. The van der Waals surface area contributed by atoms with Crippen molar-refractivity contribution in [3.63, 3.8) is 0 Å². The van der Waals surface area contributed by atoms with Gasteiger partial charge in [-0.15, -0.1) is 0 Å². The SMILES string of the molecule is NCc1ccc2nccnc2c1N. The topological polar surface area (TPSA) is 77.8 Å². The highest BCUT2D eigenvalue weighted by atomic mass is 14.8. The second-order valence-electron chi connectivity index (χ2n) is 2.77. The van der Waals surface area contributed by atoms with Gasteiger partial charge in [0.25, 0.3) is 0 Å². The average Bonchev–Trinajstić information content (AvgIpc) is 2.19. The summed E-state index contributed by atoms with van der Waals surface area (Å²) in [6.07, 6.45) is 3.27. The van der Waals surface area contributed by atoms with Crippen LogP contribution in [0.3, 0.4) is 0 Å². The summed E-state index contributed by atoms with van der Waals surface area (Å²) < 4.78 is 0. The summed E-state index contributed by atoms with van der Waals surface area (Å²) in [7, 11) is 0. The molecule has 2 rings (SSSR count). The maximum Gasteiger partial charge on any atom is 0.112 e. The molecule has 1 aromatic heterocycles. The van der Waals surface area contributed by atoms with E-state index in [1.807, 2.05) is 12.1 Å². The van der Waals surface area contributed by atoms with E-state index in [1.54, 1.807) is 12.4 Å². The quantitative estimate of drug-likeness (QED) is 0.623. The summed E-state index contributed by atoms with van der Waals surface area (Å²) in [6, 6.07) is 3.76. The first-order chi connectivity index (χ1) is 6.33. The Morgan fingerprint density at radius 1 is 1.15 bits per heavy atom. The van der Waals surface area contributed by atoms with Crippen LogP contribution in [0.1, 0.15) is 5.56 Å². The first kappa shape index (κ1) is 7.94. The Morgan fingerprint density at radius 3 is 2.69 bits per heavy atom. The monoisotopic (exact) mass is 174 g/mol. The summed E-state index contributed by atoms with van der Waals surface area (Å²) in [5.41, 5.74) is 14.4. The number of anilines is 1. The van der Waals surface area contributed by atoms with Gasteiger partial charge in [0.1, 0.15) is 5.52 Å². The van der Waals surface area contributed by atoms with Crippen LogP contribution in [-0.2, 0) is 6.54 Å². The molecule has 0 spiro atoms. The van der Waals surface area contributed by atoms with Crippen LogP contribution in [-0.4, -0.2) is 9.97 Å². The Labute approximate surface area is 75.6 Å². The Hall–Kier alpha value is -1.68. The van der Waals surface area contributed by atoms with Gasteiger partial charge in [0.15, 0.2) is 0 Å². The van der Waals surface area contributed by atoms with Crippen LogP contribution in [0.25, 0.3) is 11.0 Å². The molecule has 0 fully saturated rings. The number of nitrogens with zero attached hydrogens (tertiary/aromatic N) is 2. The molecular weight excluding hydrogens is 164 g/mol. The molecule has 13 heavy (non-hydrogen) atoms. The molecule has 0 aliphatic carbocycles. The van der Waals surface area contributed by atoms with E-state index in [9.17, 15) is 0 Å². The molecule has 0 unspecified atom stereocenters. The fourth-order valence-electron chi connectivity index (χ4n) is 1.28. The minimum absolute atomic E-state index is 0.429. The maximum absolute atomic E-state index is 5.85. The summed E-state index contributed by atoms with van der Waals surface area (Å²) in [6.45, 7) is 0.429. The number of fused-ring (bicyclic) bond motifs is 1. The van der Waals surface area contributed by atoms with Gasteiger partial charge in [0.05, 0.1) is 11.2 Å². The molecule has 66 valence electrons. The predicted molar refractivity (Wildman–Crippen MR) is 51.8 cm³/mol. The minimum atomic E-state index is 0.429. The average molecular weight is 174 g/mol. The van der Waals surface area contributed by atoms with E-state index in [0.717, 1.165) is 16.6 Å². The fraction of sp³-hybridized carbons (Fsp3) is 0.111. The Morgan fingerprint density at radius 2 is 1.92 bits per heavy atom. The van der Waals surface area contributed by atoms with Gasteiger partial charge < -0.3 is 11.5 Å². The van der Waals surface area contributed by atoms with Crippen molar-refractivity contribution >= 4 is 16.7 Å². The van der Waals surface area contributed by atoms with Crippen LogP contribution in [0.5, 0.6) is 0 Å². The third-order valence-electron chi connectivity index (χ3n) is 1.99. The van der Waals surface area contributed by atoms with Gasteiger partial charge in [-0.05, 0) is 11.6 Å². The van der Waals surface area contributed by atoms with Crippen molar-refractivity contribution in [3.8, 4) is 0 Å². The number of hydrogen-bond acceptors (Lipinski definition) is 4. The highest BCUT2D eigenvalue weighted by Gasteiger charge is 2.03. The highest BCUT2D eigenvalue weighted by molar-refractivity contribution is 5.87. The van der Waals surface area contributed by atoms with Crippen molar-refractivity contribution in [2.24, 2.45) is 5.73 Å². The standard InChI is InChI=1S/C9H10N4/c10-5-6-1-2-7-9(8(6)11)13-4-3-12-7/h1-4H,5,10-11H2. The van der Waals surface area contributed by atoms with Crippen molar-refractivity contribution < 1.29 is 0 Å². The van der Waals surface area contributed by atoms with E-state index < -0.39 is 0 Å². The summed E-state index contributed by atoms with van der Waals surface area (Å²) >= 11 is 0. The minimum Gasteiger partial charge on any atom is -0.397 e. The molecule has 4 heteroatoms. The highest BCUT2D eigenvalue weighted by Crippen LogP contribution is 2.20. The molecule has 0 aliphatic heterocycles. The molecule has 4 nitrogen and oxygen atoms in total. The zero-order valence-electron chi connectivity index (χ0n) is 7.07. The van der Waals surface area contributed by atoms with Crippen molar-refractivity contribution in [2.45, 2.75) is 6.54 Å². The second kappa shape index (κ2) is 2.99. The molecule has 2 aromatic rings. The third kappa shape index (κ3) is 1.21. The predicted octanol–water partition coefficient (Wildman–Crippen LogP) is 0.671. The van der Waals surface area contributed by atoms with E-state index in [-0.39, 0.29) is 0 Å². The smallest absolute Gasteiger partial charge is 0.112 e. The van der Waals surface area contributed by atoms with Gasteiger partial charge in [-0.25, -0.2) is 0 Å². The zero-order chi connectivity index (χ0) is 9.26. The summed E-state index contributed by atoms with van der Waals surface area (Å²) in [5.74, 6) is 0. The molecule has 0 saturated carbocycles. The number of benzene rings is 1. The number of nitrogens with two attached hydrogens (primary N) is 2. The normalized spacial score (nSPS) is 10.5. The van der Waals surface area contributed by atoms with Crippen molar-refractivity contribution in [1.29, 1.82) is 0 Å². The lowest BCUT2D eigenvalue weighted by Gasteiger charge is -2.04. The summed E-state index contributed by atoms with van der Waals surface area (Å²) in [5, 5.41) is 0. The van der Waals surface area contributed by atoms with E-state index in [2.05, 4.69) is 9.97 Å². The first-order valence-electron chi connectivity index (χ1n) is 4.01. The second-order valence-corrected chi connectivity index (χ2v) is 2.77. The number of nitrogen functional groups attached to an aromatic ring is 1. The molecule has 0 saturated heterocycles. The lowest BCUT2D eigenvalue weighted by molar-refractivity contribution is 1.08. The van der Waals surface area contributed by atoms with Gasteiger partial charge in [-0.2, -0.15) is 0 Å². The lowest BCUT2D eigenvalue weighted by Crippen LogP contribution is -2.02. The van der Waals surface area contributed by atoms with E-state index in [0.29, 0.717) is 12.2 Å². The van der Waals surface area contributed by atoms with Gasteiger partial charge in [-0.3, -0.25) is 9.97 Å². The van der Waals surface area contributed by atoms with Crippen molar-refractivity contribution in [2.75, 3.05) is 5.73 Å². The fourth-order valence-corrected chi connectivity index (χ4v) is 1.28. The Balaban J connectivity index is 2.79. The maximum atomic E-state index is 5.85. The van der Waals surface area contributed by atoms with Crippen molar-refractivity contribution in [1.82, 2.24) is 9.97 Å². The molecule has 0 atom stereocenters. The van der Waals surface area contributed by atoms with Gasteiger partial charge in [-0.1, -0.05) is 6.07 Å². The first-order valence-corrected chi connectivity index (χ1v) is 4.01. The van der Waals surface area contributed by atoms with E-state index in [4.69, 9.17) is 11.5 Å². The van der Waals surface area contributed by atoms with E-state index in [1.165, 1.54) is 0 Å². The van der Waals surface area contributed by atoms with Crippen LogP contribution < -0.4 is 11.5 Å². The molecule has 1 aromatic carbocycles. The third-order valence-corrected chi connectivity index (χ3v) is 1.99. The van der Waals surface area contributed by atoms with Crippen LogP contribution in [0.4, 0.5) is 5.69 Å². The summed E-state index contributed by atoms with van der Waals surface area (Å²) in [4.78, 5) is 8.28.